The molecule has 0 amide bonds. The zero-order valence-corrected chi connectivity index (χ0v) is 13.5. The topological polar surface area (TPSA) is 43.4 Å². The van der Waals surface area contributed by atoms with E-state index in [2.05, 4.69) is 15.0 Å². The van der Waals surface area contributed by atoms with Crippen LogP contribution in [0.5, 0.6) is 11.5 Å². The number of para-hydroxylation sites is 1. The number of alkyl halides is 2. The number of aromatic nitrogens is 1. The Balaban J connectivity index is 1.83. The van der Waals surface area contributed by atoms with Gasteiger partial charge in [0.1, 0.15) is 11.5 Å². The first-order valence-electron chi connectivity index (χ1n) is 7.06. The fourth-order valence-electron chi connectivity index (χ4n) is 2.16. The molecule has 0 saturated heterocycles. The second-order valence-electron chi connectivity index (χ2n) is 4.77. The molecule has 0 radical (unpaired) electrons. The van der Waals surface area contributed by atoms with Crippen molar-refractivity contribution < 1.29 is 18.3 Å². The lowest BCUT2D eigenvalue weighted by atomic mass is 10.1. The predicted molar refractivity (Wildman–Crippen MR) is 90.5 cm³/mol. The van der Waals surface area contributed by atoms with Crippen molar-refractivity contribution in [2.45, 2.75) is 6.61 Å². The number of benzene rings is 2. The van der Waals surface area contributed by atoms with Gasteiger partial charge in [-0.15, -0.1) is 11.3 Å². The maximum Gasteiger partial charge on any atom is 0.387 e. The van der Waals surface area contributed by atoms with Gasteiger partial charge in [-0.1, -0.05) is 18.2 Å². The highest BCUT2D eigenvalue weighted by molar-refractivity contribution is 7.14. The number of rotatable bonds is 6. The van der Waals surface area contributed by atoms with E-state index in [1.807, 2.05) is 24.3 Å². The van der Waals surface area contributed by atoms with Crippen LogP contribution in [0.3, 0.4) is 0 Å². The van der Waals surface area contributed by atoms with Gasteiger partial charge in [-0.05, 0) is 24.3 Å². The van der Waals surface area contributed by atoms with Gasteiger partial charge in [-0.25, -0.2) is 4.98 Å². The van der Waals surface area contributed by atoms with Crippen molar-refractivity contribution in [2.24, 2.45) is 0 Å². The average molecular weight is 348 g/mol. The van der Waals surface area contributed by atoms with Crippen LogP contribution in [0.1, 0.15) is 0 Å². The molecule has 2 aromatic carbocycles. The monoisotopic (exact) mass is 348 g/mol. The van der Waals surface area contributed by atoms with E-state index in [0.717, 1.165) is 11.4 Å². The Kier molecular flexibility index (Phi) is 4.90. The summed E-state index contributed by atoms with van der Waals surface area (Å²) in [6.07, 6.45) is 0. The molecule has 0 bridgehead atoms. The van der Waals surface area contributed by atoms with Crippen molar-refractivity contribution >= 4 is 22.2 Å². The summed E-state index contributed by atoms with van der Waals surface area (Å²) in [5.41, 5.74) is 1.92. The molecule has 1 heterocycles. The molecule has 1 N–H and O–H groups in total. The molecule has 0 saturated carbocycles. The Morgan fingerprint density at radius 1 is 1.12 bits per heavy atom. The lowest BCUT2D eigenvalue weighted by molar-refractivity contribution is -0.0494. The molecule has 0 spiro atoms. The first kappa shape index (κ1) is 16.2. The van der Waals surface area contributed by atoms with Crippen LogP contribution < -0.4 is 14.8 Å². The van der Waals surface area contributed by atoms with E-state index in [9.17, 15) is 8.78 Å². The lowest BCUT2D eigenvalue weighted by Crippen LogP contribution is -2.03. The van der Waals surface area contributed by atoms with E-state index >= 15 is 0 Å². The molecule has 7 heteroatoms. The second-order valence-corrected chi connectivity index (χ2v) is 5.63. The largest absolute Gasteiger partial charge is 0.497 e. The number of hydrogen-bond acceptors (Lipinski definition) is 5. The molecular formula is C17H14F2N2O2S. The molecule has 3 rings (SSSR count). The summed E-state index contributed by atoms with van der Waals surface area (Å²) in [7, 11) is 1.60. The SMILES string of the molecule is COc1cccc(Nc2nc(-c3ccccc3OC(F)F)cs2)c1. The number of nitrogens with one attached hydrogen (secondary N) is 1. The van der Waals surface area contributed by atoms with Gasteiger partial charge in [0, 0.05) is 22.7 Å². The Bertz CT molecular complexity index is 824. The standard InChI is InChI=1S/C17H14F2N2O2S/c1-22-12-6-4-5-11(9-12)20-17-21-14(10-24-17)13-7-2-3-8-15(13)23-16(18)19/h2-10,16H,1H3,(H,20,21). The molecule has 124 valence electrons. The summed E-state index contributed by atoms with van der Waals surface area (Å²) >= 11 is 1.37. The summed E-state index contributed by atoms with van der Waals surface area (Å²) in [5, 5.41) is 5.60. The van der Waals surface area contributed by atoms with Crippen molar-refractivity contribution in [2.75, 3.05) is 12.4 Å². The number of hydrogen-bond donors (Lipinski definition) is 1. The molecule has 1 aromatic heterocycles. The van der Waals surface area contributed by atoms with Crippen LogP contribution in [-0.2, 0) is 0 Å². The van der Waals surface area contributed by atoms with E-state index in [-0.39, 0.29) is 5.75 Å². The van der Waals surface area contributed by atoms with Gasteiger partial charge in [-0.2, -0.15) is 8.78 Å². The van der Waals surface area contributed by atoms with Crippen LogP contribution in [0.25, 0.3) is 11.3 Å². The van der Waals surface area contributed by atoms with Crippen molar-refractivity contribution in [3.05, 3.63) is 53.9 Å². The fraction of sp³-hybridized carbons (Fsp3) is 0.118. The normalized spacial score (nSPS) is 10.7. The van der Waals surface area contributed by atoms with E-state index in [4.69, 9.17) is 4.74 Å². The Morgan fingerprint density at radius 2 is 1.96 bits per heavy atom. The fourth-order valence-corrected chi connectivity index (χ4v) is 2.89. The van der Waals surface area contributed by atoms with E-state index < -0.39 is 6.61 Å². The summed E-state index contributed by atoms with van der Waals surface area (Å²) in [6.45, 7) is -2.88. The minimum Gasteiger partial charge on any atom is -0.497 e. The van der Waals surface area contributed by atoms with Gasteiger partial charge in [0.15, 0.2) is 5.13 Å². The molecule has 0 aliphatic heterocycles. The predicted octanol–water partition coefficient (Wildman–Crippen LogP) is 5.16. The minimum absolute atomic E-state index is 0.103. The molecule has 0 aliphatic carbocycles. The number of halogens is 2. The lowest BCUT2D eigenvalue weighted by Gasteiger charge is -2.08. The first-order valence-corrected chi connectivity index (χ1v) is 7.94. The molecule has 0 unspecified atom stereocenters. The molecule has 0 fully saturated rings. The zero-order chi connectivity index (χ0) is 16.9. The van der Waals surface area contributed by atoms with Crippen LogP contribution in [0.4, 0.5) is 19.6 Å². The molecular weight excluding hydrogens is 334 g/mol. The maximum atomic E-state index is 12.5. The highest BCUT2D eigenvalue weighted by Gasteiger charge is 2.13. The smallest absolute Gasteiger partial charge is 0.387 e. The van der Waals surface area contributed by atoms with Crippen LogP contribution in [0.15, 0.2) is 53.9 Å². The third-order valence-electron chi connectivity index (χ3n) is 3.20. The van der Waals surface area contributed by atoms with Crippen molar-refractivity contribution in [1.29, 1.82) is 0 Å². The Labute approximate surface area is 141 Å². The van der Waals surface area contributed by atoms with Gasteiger partial charge in [-0.3, -0.25) is 0 Å². The van der Waals surface area contributed by atoms with E-state index in [1.165, 1.54) is 17.4 Å². The van der Waals surface area contributed by atoms with Gasteiger partial charge in [0.05, 0.1) is 12.8 Å². The highest BCUT2D eigenvalue weighted by Crippen LogP contribution is 2.34. The van der Waals surface area contributed by atoms with Gasteiger partial charge in [0.2, 0.25) is 0 Å². The van der Waals surface area contributed by atoms with Gasteiger partial charge >= 0.3 is 6.61 Å². The summed E-state index contributed by atoms with van der Waals surface area (Å²) in [4.78, 5) is 4.44. The molecule has 4 nitrogen and oxygen atoms in total. The molecule has 24 heavy (non-hydrogen) atoms. The molecule has 3 aromatic rings. The zero-order valence-electron chi connectivity index (χ0n) is 12.7. The van der Waals surface area contributed by atoms with Crippen LogP contribution in [0, 0.1) is 0 Å². The summed E-state index contributed by atoms with van der Waals surface area (Å²) in [5.74, 6) is 0.832. The van der Waals surface area contributed by atoms with Gasteiger partial charge in [0.25, 0.3) is 0 Å². The number of thiazole rings is 1. The second kappa shape index (κ2) is 7.27. The third kappa shape index (κ3) is 3.80. The van der Waals surface area contributed by atoms with Crippen LogP contribution in [-0.4, -0.2) is 18.7 Å². The van der Waals surface area contributed by atoms with E-state index in [1.54, 1.807) is 30.7 Å². The quantitative estimate of drug-likeness (QED) is 0.668. The first-order chi connectivity index (χ1) is 11.7. The van der Waals surface area contributed by atoms with Crippen molar-refractivity contribution in [1.82, 2.24) is 4.98 Å². The van der Waals surface area contributed by atoms with Gasteiger partial charge < -0.3 is 14.8 Å². The Hall–Kier alpha value is -2.67. The average Bonchev–Trinajstić information content (AvgIpc) is 3.03. The van der Waals surface area contributed by atoms with Crippen molar-refractivity contribution in [3.63, 3.8) is 0 Å². The summed E-state index contributed by atoms with van der Waals surface area (Å²) < 4.78 is 34.8. The Morgan fingerprint density at radius 3 is 2.75 bits per heavy atom. The summed E-state index contributed by atoms with van der Waals surface area (Å²) in [6, 6.07) is 14.0. The number of ether oxygens (including phenoxy) is 2. The number of methoxy groups -OCH3 is 1. The van der Waals surface area contributed by atoms with Crippen LogP contribution in [0.2, 0.25) is 0 Å². The minimum atomic E-state index is -2.88. The van der Waals surface area contributed by atoms with Crippen molar-refractivity contribution in [3.8, 4) is 22.8 Å². The molecule has 0 atom stereocenters. The number of nitrogens with zero attached hydrogens (tertiary/aromatic N) is 1. The third-order valence-corrected chi connectivity index (χ3v) is 3.96. The van der Waals surface area contributed by atoms with E-state index in [0.29, 0.717) is 16.4 Å². The molecule has 0 aliphatic rings. The maximum absolute atomic E-state index is 12.5. The number of anilines is 2. The highest BCUT2D eigenvalue weighted by atomic mass is 32.1. The van der Waals surface area contributed by atoms with Crippen LogP contribution >= 0.6 is 11.3 Å².